The fourth-order valence-corrected chi connectivity index (χ4v) is 12.3. The third-order valence-electron chi connectivity index (χ3n) is 10.1. The number of rotatable bonds is 18. The molecule has 0 spiro atoms. The van der Waals surface area contributed by atoms with Crippen molar-refractivity contribution in [1.29, 1.82) is 0 Å². The molecule has 4 nitrogen and oxygen atoms in total. The summed E-state index contributed by atoms with van der Waals surface area (Å²) >= 11 is 7.64. The maximum absolute atomic E-state index is 6.65. The summed E-state index contributed by atoms with van der Waals surface area (Å²) in [5.74, 6) is -2.18. The minimum Gasteiger partial charge on any atom is -0.339 e. The molecule has 6 heterocycles. The number of aryl methyl sites for hydroxylation is 2. The quantitative estimate of drug-likeness (QED) is 0.0958. The number of thiophene rings is 4. The van der Waals surface area contributed by atoms with E-state index in [9.17, 15) is 0 Å². The lowest BCUT2D eigenvalue weighted by Crippen LogP contribution is -2.63. The first kappa shape index (κ1) is 35.1. The highest BCUT2D eigenvalue weighted by Crippen LogP contribution is 2.64. The SMILES string of the molecule is CCCCCCCCCc1ccc(-c2cc3c(s2)-c2sc(-c4ccc(CCCCCCCCC)s4)cc2C24OCCOC32OCCO4)s1. The van der Waals surface area contributed by atoms with Gasteiger partial charge >= 0.3 is 0 Å². The first-order chi connectivity index (χ1) is 23.7. The Morgan fingerprint density at radius 3 is 1.23 bits per heavy atom. The molecule has 8 heteroatoms. The molecule has 0 aromatic carbocycles. The van der Waals surface area contributed by atoms with E-state index in [1.807, 2.05) is 45.3 Å². The van der Waals surface area contributed by atoms with Gasteiger partial charge in [0.25, 0.3) is 11.6 Å². The van der Waals surface area contributed by atoms with E-state index in [0.717, 1.165) is 11.1 Å². The third-order valence-corrected chi connectivity index (χ3v) is 15.2. The summed E-state index contributed by atoms with van der Waals surface area (Å²) in [7, 11) is 0. The normalized spacial score (nSPS) is 21.5. The molecule has 0 radical (unpaired) electrons. The lowest BCUT2D eigenvalue weighted by molar-refractivity contribution is -0.483. The Morgan fingerprint density at radius 2 is 0.833 bits per heavy atom. The smallest absolute Gasteiger partial charge is 0.257 e. The molecule has 260 valence electrons. The van der Waals surface area contributed by atoms with Crippen LogP contribution in [0.25, 0.3) is 29.3 Å². The van der Waals surface area contributed by atoms with Crippen molar-refractivity contribution in [2.24, 2.45) is 0 Å². The molecule has 2 saturated heterocycles. The standard InChI is InChI=1S/C40H52O4S4/c1-3-5-7-9-11-13-15-17-29-19-21-33(45-29)35-27-31-37(47-35)38-32(40-39(31,41-23-25-43-40)42-24-26-44-40)28-36(48-38)34-22-20-30(46-34)18-16-14-12-10-8-6-4-2/h19-22,27-28H,3-18,23-26H2,1-2H3. The van der Waals surface area contributed by atoms with Crippen LogP contribution < -0.4 is 0 Å². The summed E-state index contributed by atoms with van der Waals surface area (Å²) in [6.07, 6.45) is 21.2. The van der Waals surface area contributed by atoms with Crippen LogP contribution in [0.2, 0.25) is 0 Å². The summed E-state index contributed by atoms with van der Waals surface area (Å²) in [4.78, 5) is 10.7. The van der Waals surface area contributed by atoms with Crippen LogP contribution in [0.15, 0.2) is 36.4 Å². The molecule has 7 rings (SSSR count). The van der Waals surface area contributed by atoms with Gasteiger partial charge in [-0.2, -0.15) is 0 Å². The van der Waals surface area contributed by atoms with E-state index in [1.54, 1.807) is 0 Å². The zero-order valence-electron chi connectivity index (χ0n) is 28.9. The molecule has 4 aromatic rings. The van der Waals surface area contributed by atoms with E-state index >= 15 is 0 Å². The highest BCUT2D eigenvalue weighted by Gasteiger charge is 2.67. The second kappa shape index (κ2) is 16.3. The van der Waals surface area contributed by atoms with Gasteiger partial charge in [0.15, 0.2) is 0 Å². The fourth-order valence-electron chi connectivity index (χ4n) is 7.52. The van der Waals surface area contributed by atoms with Crippen molar-refractivity contribution in [3.63, 3.8) is 0 Å². The second-order valence-corrected chi connectivity index (χ2v) is 18.0. The molecule has 0 bridgehead atoms. The number of hydrogen-bond acceptors (Lipinski definition) is 8. The Morgan fingerprint density at radius 1 is 0.458 bits per heavy atom. The zero-order valence-corrected chi connectivity index (χ0v) is 32.1. The summed E-state index contributed by atoms with van der Waals surface area (Å²) in [6, 6.07) is 13.9. The van der Waals surface area contributed by atoms with Crippen LogP contribution in [0.4, 0.5) is 0 Å². The Bertz CT molecular complexity index is 1480. The topological polar surface area (TPSA) is 36.9 Å². The molecule has 0 atom stereocenters. The van der Waals surface area contributed by atoms with Gasteiger partial charge in [-0.15, -0.1) is 45.3 Å². The van der Waals surface area contributed by atoms with Gasteiger partial charge in [-0.1, -0.05) is 90.9 Å². The highest BCUT2D eigenvalue weighted by atomic mass is 32.1. The Labute approximate surface area is 303 Å². The largest absolute Gasteiger partial charge is 0.339 e. The van der Waals surface area contributed by atoms with E-state index in [1.165, 1.54) is 142 Å². The number of unbranched alkanes of at least 4 members (excludes halogenated alkanes) is 12. The first-order valence-electron chi connectivity index (χ1n) is 18.7. The second-order valence-electron chi connectivity index (χ2n) is 13.6. The van der Waals surface area contributed by atoms with Gasteiger partial charge in [0.2, 0.25) is 0 Å². The lowest BCUT2D eigenvalue weighted by atomic mass is 9.83. The van der Waals surface area contributed by atoms with Crippen molar-refractivity contribution in [2.45, 2.75) is 128 Å². The molecule has 0 saturated carbocycles. The van der Waals surface area contributed by atoms with Crippen molar-refractivity contribution in [1.82, 2.24) is 0 Å². The van der Waals surface area contributed by atoms with Crippen molar-refractivity contribution in [3.05, 3.63) is 57.3 Å². The zero-order chi connectivity index (χ0) is 32.8. The van der Waals surface area contributed by atoms with Gasteiger partial charge in [-0.3, -0.25) is 0 Å². The Balaban J connectivity index is 1.12. The minimum atomic E-state index is -1.09. The number of fused-ring (bicyclic) bond motifs is 3. The van der Waals surface area contributed by atoms with Gasteiger partial charge in [-0.05, 0) is 62.1 Å². The monoisotopic (exact) mass is 724 g/mol. The van der Waals surface area contributed by atoms with Crippen LogP contribution in [0, 0.1) is 0 Å². The molecule has 0 amide bonds. The average molecular weight is 725 g/mol. The van der Waals surface area contributed by atoms with Crippen LogP contribution in [0.5, 0.6) is 0 Å². The number of ether oxygens (including phenoxy) is 4. The number of hydrogen-bond donors (Lipinski definition) is 0. The molecule has 2 aliphatic heterocycles. The van der Waals surface area contributed by atoms with Crippen molar-refractivity contribution < 1.29 is 18.9 Å². The molecule has 48 heavy (non-hydrogen) atoms. The maximum Gasteiger partial charge on any atom is 0.257 e. The van der Waals surface area contributed by atoms with Crippen LogP contribution in [0.1, 0.15) is 125 Å². The van der Waals surface area contributed by atoms with Gasteiger partial charge < -0.3 is 18.9 Å². The predicted octanol–water partition coefficient (Wildman–Crippen LogP) is 12.9. The van der Waals surface area contributed by atoms with Crippen molar-refractivity contribution in [2.75, 3.05) is 26.4 Å². The van der Waals surface area contributed by atoms with Gasteiger partial charge in [0.1, 0.15) is 0 Å². The molecular formula is C40H52O4S4. The highest BCUT2D eigenvalue weighted by molar-refractivity contribution is 7.28. The Hall–Kier alpha value is -1.36. The molecule has 4 aromatic heterocycles. The summed E-state index contributed by atoms with van der Waals surface area (Å²) < 4.78 is 26.6. The summed E-state index contributed by atoms with van der Waals surface area (Å²) in [5.41, 5.74) is 2.13. The van der Waals surface area contributed by atoms with Gasteiger partial charge in [0.05, 0.1) is 36.2 Å². The van der Waals surface area contributed by atoms with Crippen LogP contribution >= 0.6 is 45.3 Å². The fraction of sp³-hybridized carbons (Fsp3) is 0.600. The molecule has 0 N–H and O–H groups in total. The van der Waals surface area contributed by atoms with E-state index in [0.29, 0.717) is 26.4 Å². The Kier molecular flexibility index (Phi) is 11.9. The van der Waals surface area contributed by atoms with Crippen LogP contribution in [0.3, 0.4) is 0 Å². The van der Waals surface area contributed by atoms with Crippen molar-refractivity contribution in [3.8, 4) is 29.3 Å². The van der Waals surface area contributed by atoms with E-state index < -0.39 is 11.6 Å². The molecule has 2 fully saturated rings. The van der Waals surface area contributed by atoms with E-state index in [-0.39, 0.29) is 0 Å². The molecular weight excluding hydrogens is 673 g/mol. The van der Waals surface area contributed by atoms with E-state index in [2.05, 4.69) is 50.2 Å². The van der Waals surface area contributed by atoms with Gasteiger partial charge in [0, 0.05) is 40.4 Å². The van der Waals surface area contributed by atoms with Crippen LogP contribution in [-0.2, 0) is 43.4 Å². The summed E-state index contributed by atoms with van der Waals surface area (Å²) in [5, 5.41) is 0. The van der Waals surface area contributed by atoms with E-state index in [4.69, 9.17) is 18.9 Å². The maximum atomic E-state index is 6.65. The molecule has 1 aliphatic carbocycles. The third kappa shape index (κ3) is 7.07. The summed E-state index contributed by atoms with van der Waals surface area (Å²) in [6.45, 7) is 6.50. The predicted molar refractivity (Wildman–Crippen MR) is 205 cm³/mol. The molecule has 3 aliphatic rings. The van der Waals surface area contributed by atoms with Crippen LogP contribution in [-0.4, -0.2) is 26.4 Å². The minimum absolute atomic E-state index is 0.483. The average Bonchev–Trinajstić information content (AvgIpc) is 3.93. The van der Waals surface area contributed by atoms with Crippen molar-refractivity contribution >= 4 is 45.3 Å². The first-order valence-corrected chi connectivity index (χ1v) is 22.0. The lowest BCUT2D eigenvalue weighted by Gasteiger charge is -2.55. The molecule has 0 unspecified atom stereocenters. The van der Waals surface area contributed by atoms with Gasteiger partial charge in [-0.25, -0.2) is 0 Å².